The van der Waals surface area contributed by atoms with Crippen molar-refractivity contribution in [2.75, 3.05) is 22.6 Å². The monoisotopic (exact) mass is 195 g/mol. The second-order valence-corrected chi connectivity index (χ2v) is 4.33. The molecule has 1 aromatic heterocycles. The molecule has 1 aliphatic rings. The van der Waals surface area contributed by atoms with Crippen molar-refractivity contribution >= 4 is 23.3 Å². The van der Waals surface area contributed by atoms with Crippen LogP contribution < -0.4 is 11.1 Å². The van der Waals surface area contributed by atoms with Crippen LogP contribution in [0.25, 0.3) is 0 Å². The molecule has 2 rings (SSSR count). The van der Waals surface area contributed by atoms with Gasteiger partial charge in [-0.05, 0) is 24.3 Å². The zero-order valence-corrected chi connectivity index (χ0v) is 8.18. The molecule has 0 aromatic carbocycles. The molecule has 2 heterocycles. The Bertz CT molecular complexity index is 267. The van der Waals surface area contributed by atoms with Crippen molar-refractivity contribution in [3.8, 4) is 0 Å². The highest BCUT2D eigenvalue weighted by atomic mass is 32.2. The highest BCUT2D eigenvalue weighted by Gasteiger charge is 2.14. The van der Waals surface area contributed by atoms with Crippen molar-refractivity contribution in [2.45, 2.75) is 12.5 Å². The van der Waals surface area contributed by atoms with Crippen LogP contribution in [0.3, 0.4) is 0 Å². The summed E-state index contributed by atoms with van der Waals surface area (Å²) in [5.41, 5.74) is 6.56. The number of nitrogen functional groups attached to an aromatic ring is 1. The maximum atomic E-state index is 5.49. The lowest BCUT2D eigenvalue weighted by molar-refractivity contribution is 0.812. The predicted molar refractivity (Wildman–Crippen MR) is 58.0 cm³/mol. The highest BCUT2D eigenvalue weighted by molar-refractivity contribution is 7.99. The summed E-state index contributed by atoms with van der Waals surface area (Å²) in [5, 5.41) is 3.43. The number of rotatable bonds is 2. The largest absolute Gasteiger partial charge is 0.384 e. The fourth-order valence-electron chi connectivity index (χ4n) is 1.37. The number of thioether (sulfide) groups is 1. The minimum Gasteiger partial charge on any atom is -0.384 e. The van der Waals surface area contributed by atoms with Gasteiger partial charge in [-0.15, -0.1) is 0 Å². The Kier molecular flexibility index (Phi) is 2.59. The van der Waals surface area contributed by atoms with Gasteiger partial charge >= 0.3 is 0 Å². The van der Waals surface area contributed by atoms with Crippen LogP contribution in [0.2, 0.25) is 0 Å². The van der Waals surface area contributed by atoms with E-state index in [9.17, 15) is 0 Å². The summed E-state index contributed by atoms with van der Waals surface area (Å²) in [4.78, 5) is 4.03. The quantitative estimate of drug-likeness (QED) is 0.752. The Morgan fingerprint density at radius 3 is 3.08 bits per heavy atom. The zero-order valence-electron chi connectivity index (χ0n) is 7.36. The second kappa shape index (κ2) is 3.87. The summed E-state index contributed by atoms with van der Waals surface area (Å²) >= 11 is 2.00. The normalized spacial score (nSPS) is 21.7. The molecule has 4 heteroatoms. The van der Waals surface area contributed by atoms with Gasteiger partial charge in [-0.1, -0.05) is 0 Å². The molecule has 3 N–H and O–H groups in total. The van der Waals surface area contributed by atoms with Gasteiger partial charge in [-0.25, -0.2) is 4.98 Å². The summed E-state index contributed by atoms with van der Waals surface area (Å²) in [6, 6.07) is 4.41. The van der Waals surface area contributed by atoms with E-state index < -0.39 is 0 Å². The standard InChI is InChI=1S/C9H13N3S/c10-9-2-1-7(5-11-9)12-8-3-4-13-6-8/h1-2,5,8,12H,3-4,6H2,(H2,10,11). The molecule has 1 saturated heterocycles. The molecule has 1 unspecified atom stereocenters. The van der Waals surface area contributed by atoms with E-state index in [0.717, 1.165) is 5.69 Å². The van der Waals surface area contributed by atoms with E-state index >= 15 is 0 Å². The van der Waals surface area contributed by atoms with Crippen LogP contribution in [0.15, 0.2) is 18.3 Å². The van der Waals surface area contributed by atoms with Crippen molar-refractivity contribution in [3.05, 3.63) is 18.3 Å². The molecule has 70 valence electrons. The molecule has 0 radical (unpaired) electrons. The first-order valence-corrected chi connectivity index (χ1v) is 5.56. The van der Waals surface area contributed by atoms with Gasteiger partial charge in [0.25, 0.3) is 0 Å². The van der Waals surface area contributed by atoms with Crippen LogP contribution >= 0.6 is 11.8 Å². The van der Waals surface area contributed by atoms with Gasteiger partial charge in [0.1, 0.15) is 5.82 Å². The van der Waals surface area contributed by atoms with Gasteiger partial charge in [-0.2, -0.15) is 11.8 Å². The Hall–Kier alpha value is -0.900. The molecular weight excluding hydrogens is 182 g/mol. The summed E-state index contributed by atoms with van der Waals surface area (Å²) in [6.07, 6.45) is 3.04. The first kappa shape index (κ1) is 8.69. The molecule has 13 heavy (non-hydrogen) atoms. The van der Waals surface area contributed by atoms with Crippen molar-refractivity contribution in [1.29, 1.82) is 0 Å². The first-order chi connectivity index (χ1) is 6.34. The third kappa shape index (κ3) is 2.28. The minimum atomic E-state index is 0.575. The van der Waals surface area contributed by atoms with Crippen LogP contribution in [0.4, 0.5) is 11.5 Å². The number of nitrogens with two attached hydrogens (primary N) is 1. The molecule has 3 nitrogen and oxygen atoms in total. The van der Waals surface area contributed by atoms with Crippen LogP contribution in [0.1, 0.15) is 6.42 Å². The molecule has 1 aromatic rings. The number of hydrogen-bond acceptors (Lipinski definition) is 4. The molecule has 1 atom stereocenters. The van der Waals surface area contributed by atoms with Crippen LogP contribution in [-0.4, -0.2) is 22.5 Å². The van der Waals surface area contributed by atoms with E-state index in [1.54, 1.807) is 6.20 Å². The average Bonchev–Trinajstić information content (AvgIpc) is 2.62. The Labute approximate surface area is 82.1 Å². The summed E-state index contributed by atoms with van der Waals surface area (Å²) < 4.78 is 0. The van der Waals surface area contributed by atoms with Gasteiger partial charge in [0, 0.05) is 11.8 Å². The van der Waals surface area contributed by atoms with Crippen LogP contribution in [0.5, 0.6) is 0 Å². The van der Waals surface area contributed by atoms with Crippen LogP contribution in [-0.2, 0) is 0 Å². The number of anilines is 2. The number of pyridine rings is 1. The Morgan fingerprint density at radius 1 is 1.54 bits per heavy atom. The first-order valence-electron chi connectivity index (χ1n) is 4.40. The zero-order chi connectivity index (χ0) is 9.10. The maximum absolute atomic E-state index is 5.49. The van der Waals surface area contributed by atoms with Crippen molar-refractivity contribution in [2.24, 2.45) is 0 Å². The maximum Gasteiger partial charge on any atom is 0.123 e. The van der Waals surface area contributed by atoms with Crippen molar-refractivity contribution in [3.63, 3.8) is 0 Å². The fraction of sp³-hybridized carbons (Fsp3) is 0.444. The molecule has 1 fully saturated rings. The van der Waals surface area contributed by atoms with E-state index in [1.807, 2.05) is 23.9 Å². The van der Waals surface area contributed by atoms with Gasteiger partial charge in [0.05, 0.1) is 11.9 Å². The molecule has 0 spiro atoms. The van der Waals surface area contributed by atoms with E-state index in [1.165, 1.54) is 17.9 Å². The smallest absolute Gasteiger partial charge is 0.123 e. The van der Waals surface area contributed by atoms with E-state index in [-0.39, 0.29) is 0 Å². The predicted octanol–water partition coefficient (Wildman–Crippen LogP) is 1.58. The Morgan fingerprint density at radius 2 is 2.46 bits per heavy atom. The lowest BCUT2D eigenvalue weighted by Gasteiger charge is -2.11. The van der Waals surface area contributed by atoms with Crippen molar-refractivity contribution < 1.29 is 0 Å². The summed E-state index contributed by atoms with van der Waals surface area (Å²) in [7, 11) is 0. The van der Waals surface area contributed by atoms with Gasteiger partial charge in [-0.3, -0.25) is 0 Å². The highest BCUT2D eigenvalue weighted by Crippen LogP contribution is 2.20. The molecule has 0 amide bonds. The van der Waals surface area contributed by atoms with E-state index in [4.69, 9.17) is 5.73 Å². The molecule has 0 saturated carbocycles. The molecule has 0 bridgehead atoms. The summed E-state index contributed by atoms with van der Waals surface area (Å²) in [5.74, 6) is 3.04. The number of aromatic nitrogens is 1. The van der Waals surface area contributed by atoms with E-state index in [2.05, 4.69) is 10.3 Å². The van der Waals surface area contributed by atoms with Crippen LogP contribution in [0, 0.1) is 0 Å². The van der Waals surface area contributed by atoms with Crippen molar-refractivity contribution in [1.82, 2.24) is 4.98 Å². The van der Waals surface area contributed by atoms with Gasteiger partial charge in [0.15, 0.2) is 0 Å². The molecule has 0 aliphatic carbocycles. The van der Waals surface area contributed by atoms with E-state index in [0.29, 0.717) is 11.9 Å². The lowest BCUT2D eigenvalue weighted by atomic mass is 10.2. The summed E-state index contributed by atoms with van der Waals surface area (Å²) in [6.45, 7) is 0. The van der Waals surface area contributed by atoms with Gasteiger partial charge < -0.3 is 11.1 Å². The molecule has 1 aliphatic heterocycles. The minimum absolute atomic E-state index is 0.575. The lowest BCUT2D eigenvalue weighted by Crippen LogP contribution is -2.18. The average molecular weight is 195 g/mol. The second-order valence-electron chi connectivity index (χ2n) is 3.18. The number of nitrogens with one attached hydrogen (secondary N) is 1. The third-order valence-electron chi connectivity index (χ3n) is 2.09. The molecular formula is C9H13N3S. The van der Waals surface area contributed by atoms with Gasteiger partial charge in [0.2, 0.25) is 0 Å². The SMILES string of the molecule is Nc1ccc(NC2CCSC2)cn1. The number of nitrogens with zero attached hydrogens (tertiary/aromatic N) is 1. The Balaban J connectivity index is 1.97. The topological polar surface area (TPSA) is 50.9 Å². The number of hydrogen-bond donors (Lipinski definition) is 2. The fourth-order valence-corrected chi connectivity index (χ4v) is 2.53. The third-order valence-corrected chi connectivity index (χ3v) is 3.25.